The Labute approximate surface area is 168 Å². The maximum absolute atomic E-state index is 12.5. The quantitative estimate of drug-likeness (QED) is 0.670. The number of ether oxygens (including phenoxy) is 2. The minimum atomic E-state index is -0.273. The van der Waals surface area contributed by atoms with E-state index in [0.29, 0.717) is 6.61 Å². The second-order valence-electron chi connectivity index (χ2n) is 7.68. The van der Waals surface area contributed by atoms with E-state index < -0.39 is 0 Å². The van der Waals surface area contributed by atoms with Gasteiger partial charge in [0.05, 0.1) is 18.4 Å². The van der Waals surface area contributed by atoms with Gasteiger partial charge in [0, 0.05) is 35.3 Å². The fourth-order valence-electron chi connectivity index (χ4n) is 4.54. The lowest BCUT2D eigenvalue weighted by Crippen LogP contribution is -2.52. The fraction of sp³-hybridized carbons (Fsp3) is 0.571. The normalized spacial score (nSPS) is 33.7. The first-order valence-electron chi connectivity index (χ1n) is 9.44. The summed E-state index contributed by atoms with van der Waals surface area (Å²) in [6.45, 7) is 6.19. The minimum absolute atomic E-state index is 0.00450. The molecule has 1 aliphatic carbocycles. The van der Waals surface area contributed by atoms with Crippen LogP contribution < -0.4 is 0 Å². The molecule has 27 heavy (non-hydrogen) atoms. The van der Waals surface area contributed by atoms with Crippen molar-refractivity contribution in [3.8, 4) is 0 Å². The third-order valence-electron chi connectivity index (χ3n) is 5.92. The summed E-state index contributed by atoms with van der Waals surface area (Å²) in [5.41, 5.74) is 0.856. The number of pyridine rings is 1. The van der Waals surface area contributed by atoms with Crippen molar-refractivity contribution < 1.29 is 19.1 Å². The van der Waals surface area contributed by atoms with Crippen LogP contribution in [-0.4, -0.2) is 36.1 Å². The van der Waals surface area contributed by atoms with Gasteiger partial charge >= 0.3 is 5.97 Å². The van der Waals surface area contributed by atoms with Crippen molar-refractivity contribution >= 4 is 33.8 Å². The zero-order chi connectivity index (χ0) is 19.6. The second-order valence-corrected chi connectivity index (χ2v) is 8.60. The van der Waals surface area contributed by atoms with Crippen molar-refractivity contribution in [1.29, 1.82) is 0 Å². The summed E-state index contributed by atoms with van der Waals surface area (Å²) >= 11 is 3.40. The lowest BCUT2D eigenvalue weighted by Gasteiger charge is -2.49. The van der Waals surface area contributed by atoms with E-state index in [2.05, 4.69) is 33.9 Å². The van der Waals surface area contributed by atoms with Gasteiger partial charge < -0.3 is 9.47 Å². The predicted octanol–water partition coefficient (Wildman–Crippen LogP) is 3.91. The molecule has 1 aliphatic heterocycles. The van der Waals surface area contributed by atoms with E-state index in [1.807, 2.05) is 25.1 Å². The Hall–Kier alpha value is -1.53. The van der Waals surface area contributed by atoms with Crippen LogP contribution in [0.3, 0.4) is 0 Å². The number of hydrogen-bond donors (Lipinski definition) is 0. The van der Waals surface area contributed by atoms with Crippen molar-refractivity contribution in [3.63, 3.8) is 0 Å². The number of rotatable bonds is 4. The van der Waals surface area contributed by atoms with Crippen LogP contribution in [0.15, 0.2) is 28.9 Å². The molecule has 2 fully saturated rings. The predicted molar refractivity (Wildman–Crippen MR) is 106 cm³/mol. The molecule has 1 aromatic rings. The van der Waals surface area contributed by atoms with E-state index in [-0.39, 0.29) is 54.1 Å². The first-order valence-corrected chi connectivity index (χ1v) is 10.2. The van der Waals surface area contributed by atoms with Gasteiger partial charge in [-0.25, -0.2) is 0 Å². The summed E-state index contributed by atoms with van der Waals surface area (Å²) < 4.78 is 12.1. The van der Waals surface area contributed by atoms with Crippen LogP contribution in [0.2, 0.25) is 0 Å². The van der Waals surface area contributed by atoms with Crippen molar-refractivity contribution in [2.45, 2.75) is 33.3 Å². The van der Waals surface area contributed by atoms with Crippen LogP contribution in [0.4, 0.5) is 0 Å². The van der Waals surface area contributed by atoms with Crippen molar-refractivity contribution in [1.82, 2.24) is 4.98 Å². The number of hydrogen-bond acceptors (Lipinski definition) is 5. The van der Waals surface area contributed by atoms with E-state index in [1.165, 1.54) is 6.92 Å². The molecule has 0 N–H and O–H groups in total. The highest BCUT2D eigenvalue weighted by Gasteiger charge is 2.49. The summed E-state index contributed by atoms with van der Waals surface area (Å²) in [4.78, 5) is 28.3. The maximum Gasteiger partial charge on any atom is 0.302 e. The molecule has 0 spiro atoms. The van der Waals surface area contributed by atoms with E-state index in [1.54, 1.807) is 6.20 Å². The molecule has 2 aliphatic rings. The second kappa shape index (κ2) is 8.65. The average Bonchev–Trinajstić information content (AvgIpc) is 2.63. The number of carbonyl (C=O) groups is 2. The topological polar surface area (TPSA) is 65.5 Å². The Morgan fingerprint density at radius 2 is 2.19 bits per heavy atom. The lowest BCUT2D eigenvalue weighted by atomic mass is 9.59. The van der Waals surface area contributed by atoms with E-state index in [4.69, 9.17) is 9.47 Å². The average molecular weight is 436 g/mol. The third kappa shape index (κ3) is 4.66. The lowest BCUT2D eigenvalue weighted by molar-refractivity contribution is -0.159. The molecule has 5 nitrogen and oxygen atoms in total. The molecule has 1 saturated carbocycles. The molecule has 146 valence electrons. The molecule has 1 saturated heterocycles. The Morgan fingerprint density at radius 3 is 2.85 bits per heavy atom. The van der Waals surface area contributed by atoms with Crippen LogP contribution in [0, 0.1) is 29.6 Å². The summed E-state index contributed by atoms with van der Waals surface area (Å²) in [5.74, 6) is 0.537. The van der Waals surface area contributed by atoms with Crippen molar-refractivity contribution in [3.05, 3.63) is 34.6 Å². The monoisotopic (exact) mass is 435 g/mol. The Bertz CT molecular complexity index is 717. The summed E-state index contributed by atoms with van der Waals surface area (Å²) in [7, 11) is 0. The first kappa shape index (κ1) is 20.2. The number of aromatic nitrogens is 1. The standard InChI is InChI=1S/C21H26BrNO4/c1-12-8-18-20(25)11-26-13(2)21(18)17(19(12)10-27-14(3)24)7-6-16-5-4-15(22)9-23-16/h4-7,9,12-13,17-19,21H,8,10-11H2,1-3H3/b7-6+. The number of fused-ring (bicyclic) bond motifs is 1. The van der Waals surface area contributed by atoms with E-state index in [0.717, 1.165) is 16.6 Å². The molecule has 6 heteroatoms. The number of Topliss-reactive ketones (excluding diaryl/α,β-unsaturated/α-hetero) is 1. The van der Waals surface area contributed by atoms with Crippen LogP contribution in [0.5, 0.6) is 0 Å². The fourth-order valence-corrected chi connectivity index (χ4v) is 4.77. The zero-order valence-corrected chi connectivity index (χ0v) is 17.5. The summed E-state index contributed by atoms with van der Waals surface area (Å²) in [5, 5.41) is 0. The maximum atomic E-state index is 12.5. The highest BCUT2D eigenvalue weighted by molar-refractivity contribution is 9.10. The Kier molecular flexibility index (Phi) is 6.48. The van der Waals surface area contributed by atoms with Gasteiger partial charge in [-0.3, -0.25) is 14.6 Å². The number of allylic oxidation sites excluding steroid dienone is 1. The number of carbonyl (C=O) groups excluding carboxylic acids is 2. The molecule has 0 radical (unpaired) electrons. The summed E-state index contributed by atoms with van der Waals surface area (Å²) in [6, 6.07) is 3.89. The smallest absolute Gasteiger partial charge is 0.302 e. The third-order valence-corrected chi connectivity index (χ3v) is 6.39. The molecule has 3 rings (SSSR count). The minimum Gasteiger partial charge on any atom is -0.466 e. The van der Waals surface area contributed by atoms with Crippen LogP contribution >= 0.6 is 15.9 Å². The molecule has 6 atom stereocenters. The van der Waals surface area contributed by atoms with Gasteiger partial charge in [0.25, 0.3) is 0 Å². The molecule has 6 unspecified atom stereocenters. The van der Waals surface area contributed by atoms with Gasteiger partial charge in [0.15, 0.2) is 5.78 Å². The Balaban J connectivity index is 1.90. The summed E-state index contributed by atoms with van der Waals surface area (Å²) in [6.07, 6.45) is 6.71. The van der Waals surface area contributed by atoms with Gasteiger partial charge in [0.1, 0.15) is 6.61 Å². The van der Waals surface area contributed by atoms with Gasteiger partial charge in [-0.1, -0.05) is 13.0 Å². The van der Waals surface area contributed by atoms with E-state index in [9.17, 15) is 9.59 Å². The van der Waals surface area contributed by atoms with Gasteiger partial charge in [-0.2, -0.15) is 0 Å². The molecule has 0 bridgehead atoms. The van der Waals surface area contributed by atoms with Crippen LogP contribution in [0.25, 0.3) is 6.08 Å². The van der Waals surface area contributed by atoms with Gasteiger partial charge in [-0.15, -0.1) is 0 Å². The molecule has 1 aromatic heterocycles. The Morgan fingerprint density at radius 1 is 1.41 bits per heavy atom. The highest BCUT2D eigenvalue weighted by atomic mass is 79.9. The molecule has 2 heterocycles. The number of nitrogens with zero attached hydrogens (tertiary/aromatic N) is 1. The van der Waals surface area contributed by atoms with Crippen LogP contribution in [0.1, 0.15) is 32.9 Å². The van der Waals surface area contributed by atoms with Crippen molar-refractivity contribution in [2.75, 3.05) is 13.2 Å². The number of esters is 1. The largest absolute Gasteiger partial charge is 0.466 e. The van der Waals surface area contributed by atoms with Gasteiger partial charge in [0.2, 0.25) is 0 Å². The zero-order valence-electron chi connectivity index (χ0n) is 15.9. The first-order chi connectivity index (χ1) is 12.9. The van der Waals surface area contributed by atoms with E-state index >= 15 is 0 Å². The number of halogens is 1. The van der Waals surface area contributed by atoms with Crippen LogP contribution in [-0.2, 0) is 19.1 Å². The molecular weight excluding hydrogens is 410 g/mol. The molecule has 0 amide bonds. The van der Waals surface area contributed by atoms with Crippen molar-refractivity contribution in [2.24, 2.45) is 29.6 Å². The SMILES string of the molecule is CC(=O)OCC1C(C)CC2C(=O)COC(C)C2C1/C=C/c1ccc(Br)cn1. The molecule has 0 aromatic carbocycles. The van der Waals surface area contributed by atoms with Gasteiger partial charge in [-0.05, 0) is 59.3 Å². The highest BCUT2D eigenvalue weighted by Crippen LogP contribution is 2.47. The molecular formula is C21H26BrNO4. The number of ketones is 1.